The smallest absolute Gasteiger partial charge is 0.230 e. The molecule has 0 atom stereocenters. The Bertz CT molecular complexity index is 1090. The number of amides is 2. The molecule has 0 aliphatic carbocycles. The van der Waals surface area contributed by atoms with Crippen LogP contribution in [0.3, 0.4) is 0 Å². The number of hydrogen-bond donors (Lipinski definition) is 2. The summed E-state index contributed by atoms with van der Waals surface area (Å²) in [5.41, 5.74) is -0.259. The van der Waals surface area contributed by atoms with Gasteiger partial charge in [-0.2, -0.15) is 0 Å². The van der Waals surface area contributed by atoms with E-state index in [9.17, 15) is 14.4 Å². The van der Waals surface area contributed by atoms with E-state index in [1.165, 1.54) is 25.4 Å². The Hall–Kier alpha value is -2.64. The maximum atomic E-state index is 13.2. The molecule has 0 saturated heterocycles. The summed E-state index contributed by atoms with van der Waals surface area (Å²) >= 11 is 12.3. The van der Waals surface area contributed by atoms with Gasteiger partial charge in [-0.05, 0) is 23.8 Å². The van der Waals surface area contributed by atoms with E-state index >= 15 is 0 Å². The molecule has 1 aromatic heterocycles. The Morgan fingerprint density at radius 1 is 0.939 bits per heavy atom. The van der Waals surface area contributed by atoms with Crippen LogP contribution in [0.1, 0.15) is 57.5 Å². The number of ketones is 1. The van der Waals surface area contributed by atoms with Crippen LogP contribution in [0.25, 0.3) is 0 Å². The Kier molecular flexibility index (Phi) is 8.14. The topological polar surface area (TPSA) is 97.4 Å². The summed E-state index contributed by atoms with van der Waals surface area (Å²) in [6, 6.07) is 4.53. The molecule has 2 N–H and O–H groups in total. The molecule has 0 bridgehead atoms. The lowest BCUT2D eigenvalue weighted by Crippen LogP contribution is -2.29. The number of halogens is 2. The first-order valence-electron chi connectivity index (χ1n) is 10.3. The lowest BCUT2D eigenvalue weighted by atomic mass is 9.95. The third-order valence-electron chi connectivity index (χ3n) is 4.71. The summed E-state index contributed by atoms with van der Waals surface area (Å²) in [4.78, 5) is 42.4. The molecule has 1 heterocycles. The zero-order chi connectivity index (χ0) is 25.1. The van der Waals surface area contributed by atoms with E-state index in [0.717, 1.165) is 0 Å². The number of methoxy groups -OCH3 is 1. The number of aromatic nitrogens is 1. The van der Waals surface area contributed by atoms with E-state index in [1.54, 1.807) is 47.6 Å². The van der Waals surface area contributed by atoms with Crippen molar-refractivity contribution in [1.82, 2.24) is 4.98 Å². The van der Waals surface area contributed by atoms with Gasteiger partial charge in [0.05, 0.1) is 29.6 Å². The molecule has 0 radical (unpaired) electrons. The van der Waals surface area contributed by atoms with Crippen LogP contribution in [-0.4, -0.2) is 29.7 Å². The Labute approximate surface area is 204 Å². The van der Waals surface area contributed by atoms with Crippen molar-refractivity contribution in [3.8, 4) is 5.75 Å². The fraction of sp³-hybridized carbons (Fsp3) is 0.417. The fourth-order valence-electron chi connectivity index (χ4n) is 2.68. The van der Waals surface area contributed by atoms with E-state index in [-0.39, 0.29) is 46.2 Å². The zero-order valence-electron chi connectivity index (χ0n) is 19.9. The van der Waals surface area contributed by atoms with Gasteiger partial charge in [-0.1, -0.05) is 64.7 Å². The van der Waals surface area contributed by atoms with Gasteiger partial charge in [-0.15, -0.1) is 0 Å². The molecule has 0 fully saturated rings. The SMILES string of the molecule is COc1c(Cl)cc(Cl)cc1C(=O)Cc1cc(NC(=O)C(C)(C)C)ncc1NC(=O)C(C)(C)C. The maximum Gasteiger partial charge on any atom is 0.230 e. The van der Waals surface area contributed by atoms with Crippen LogP contribution in [0, 0.1) is 10.8 Å². The second-order valence-corrected chi connectivity index (χ2v) is 10.5. The minimum absolute atomic E-state index is 0.117. The number of nitrogens with one attached hydrogen (secondary N) is 2. The number of carbonyl (C=O) groups excluding carboxylic acids is 3. The molecule has 7 nitrogen and oxygen atoms in total. The Morgan fingerprint density at radius 3 is 2.06 bits per heavy atom. The maximum absolute atomic E-state index is 13.2. The second kappa shape index (κ2) is 10.1. The van der Waals surface area contributed by atoms with Crippen LogP contribution in [0.15, 0.2) is 24.4 Å². The average Bonchev–Trinajstić information content (AvgIpc) is 2.67. The molecule has 2 rings (SSSR count). The molecule has 0 saturated carbocycles. The molecule has 2 amide bonds. The van der Waals surface area contributed by atoms with Gasteiger partial charge in [0.25, 0.3) is 0 Å². The first-order valence-corrected chi connectivity index (χ1v) is 11.1. The number of rotatable bonds is 6. The normalized spacial score (nSPS) is 11.7. The monoisotopic (exact) mass is 493 g/mol. The summed E-state index contributed by atoms with van der Waals surface area (Å²) < 4.78 is 5.29. The van der Waals surface area contributed by atoms with Crippen molar-refractivity contribution in [3.05, 3.63) is 45.6 Å². The van der Waals surface area contributed by atoms with Gasteiger partial charge >= 0.3 is 0 Å². The first kappa shape index (κ1) is 26.6. The number of ether oxygens (including phenoxy) is 1. The molecule has 0 unspecified atom stereocenters. The summed E-state index contributed by atoms with van der Waals surface area (Å²) in [6.07, 6.45) is 1.31. The molecular formula is C24H29Cl2N3O4. The standard InChI is InChI=1S/C24H29Cl2N3O4/c1-23(2,3)21(31)28-17-12-27-19(29-22(32)24(4,5)6)9-13(17)8-18(30)15-10-14(25)11-16(26)20(15)33-7/h9-12H,8H2,1-7H3,(H,28,31)(H,27,29,32). The lowest BCUT2D eigenvalue weighted by molar-refractivity contribution is -0.123. The molecule has 0 aliphatic heterocycles. The number of carbonyl (C=O) groups is 3. The largest absolute Gasteiger partial charge is 0.494 e. The lowest BCUT2D eigenvalue weighted by Gasteiger charge is -2.21. The molecule has 0 spiro atoms. The van der Waals surface area contributed by atoms with Crippen molar-refractivity contribution in [2.45, 2.75) is 48.0 Å². The van der Waals surface area contributed by atoms with E-state index < -0.39 is 10.8 Å². The van der Waals surface area contributed by atoms with Crippen LogP contribution in [0.4, 0.5) is 11.5 Å². The van der Waals surface area contributed by atoms with Crippen molar-refractivity contribution in [2.24, 2.45) is 10.8 Å². The minimum atomic E-state index is -0.663. The number of pyridine rings is 1. The highest BCUT2D eigenvalue weighted by atomic mass is 35.5. The fourth-order valence-corrected chi connectivity index (χ4v) is 3.25. The third kappa shape index (κ3) is 6.92. The van der Waals surface area contributed by atoms with Crippen LogP contribution in [0.5, 0.6) is 5.75 Å². The van der Waals surface area contributed by atoms with Gasteiger partial charge in [0, 0.05) is 22.3 Å². The van der Waals surface area contributed by atoms with Crippen molar-refractivity contribution in [3.63, 3.8) is 0 Å². The third-order valence-corrected chi connectivity index (χ3v) is 5.20. The number of Topliss-reactive ketones (excluding diaryl/α,β-unsaturated/α-hetero) is 1. The number of benzene rings is 1. The number of anilines is 2. The molecule has 0 aliphatic rings. The molecule has 1 aromatic carbocycles. The van der Waals surface area contributed by atoms with Gasteiger partial charge < -0.3 is 15.4 Å². The van der Waals surface area contributed by atoms with E-state index in [2.05, 4.69) is 15.6 Å². The Morgan fingerprint density at radius 2 is 1.52 bits per heavy atom. The average molecular weight is 494 g/mol. The summed E-state index contributed by atoms with van der Waals surface area (Å²) in [5.74, 6) is -0.332. The number of hydrogen-bond acceptors (Lipinski definition) is 5. The predicted molar refractivity (Wildman–Crippen MR) is 131 cm³/mol. The van der Waals surface area contributed by atoms with Gasteiger partial charge in [-0.3, -0.25) is 14.4 Å². The van der Waals surface area contributed by atoms with Gasteiger partial charge in [-0.25, -0.2) is 4.98 Å². The molecular weight excluding hydrogens is 465 g/mol. The van der Waals surface area contributed by atoms with Crippen molar-refractivity contribution >= 4 is 52.3 Å². The van der Waals surface area contributed by atoms with Gasteiger partial charge in [0.2, 0.25) is 11.8 Å². The first-order chi connectivity index (χ1) is 15.1. The van der Waals surface area contributed by atoms with Crippen LogP contribution in [-0.2, 0) is 16.0 Å². The number of nitrogens with zero attached hydrogens (tertiary/aromatic N) is 1. The van der Waals surface area contributed by atoms with Crippen LogP contribution in [0.2, 0.25) is 10.0 Å². The summed E-state index contributed by atoms with van der Waals surface area (Å²) in [7, 11) is 1.41. The molecule has 2 aromatic rings. The zero-order valence-corrected chi connectivity index (χ0v) is 21.4. The molecule has 33 heavy (non-hydrogen) atoms. The van der Waals surface area contributed by atoms with Crippen LogP contribution < -0.4 is 15.4 Å². The highest BCUT2D eigenvalue weighted by molar-refractivity contribution is 6.36. The van der Waals surface area contributed by atoms with Gasteiger partial charge in [0.15, 0.2) is 5.78 Å². The quantitative estimate of drug-likeness (QED) is 0.496. The summed E-state index contributed by atoms with van der Waals surface area (Å²) in [6.45, 7) is 10.7. The van der Waals surface area contributed by atoms with Crippen molar-refractivity contribution in [2.75, 3.05) is 17.7 Å². The van der Waals surface area contributed by atoms with Gasteiger partial charge in [0.1, 0.15) is 11.6 Å². The molecule has 178 valence electrons. The summed E-state index contributed by atoms with van der Waals surface area (Å²) in [5, 5.41) is 6.07. The molecule has 9 heteroatoms. The van der Waals surface area contributed by atoms with Crippen molar-refractivity contribution in [1.29, 1.82) is 0 Å². The highest BCUT2D eigenvalue weighted by Crippen LogP contribution is 2.34. The Balaban J connectivity index is 2.48. The predicted octanol–water partition coefficient (Wildman–Crippen LogP) is 5.79. The van der Waals surface area contributed by atoms with E-state index in [4.69, 9.17) is 27.9 Å². The van der Waals surface area contributed by atoms with E-state index in [0.29, 0.717) is 16.3 Å². The second-order valence-electron chi connectivity index (χ2n) is 9.70. The highest BCUT2D eigenvalue weighted by Gasteiger charge is 2.25. The minimum Gasteiger partial charge on any atom is -0.494 e. The van der Waals surface area contributed by atoms with E-state index in [1.807, 2.05) is 0 Å². The van der Waals surface area contributed by atoms with Crippen molar-refractivity contribution < 1.29 is 19.1 Å². The van der Waals surface area contributed by atoms with Crippen LogP contribution >= 0.6 is 23.2 Å².